The summed E-state index contributed by atoms with van der Waals surface area (Å²) in [4.78, 5) is 13.3. The second-order valence-corrected chi connectivity index (χ2v) is 6.46. The van der Waals surface area contributed by atoms with Crippen LogP contribution in [0.25, 0.3) is 0 Å². The van der Waals surface area contributed by atoms with E-state index in [-0.39, 0.29) is 5.91 Å². The Morgan fingerprint density at radius 1 is 1.17 bits per heavy atom. The summed E-state index contributed by atoms with van der Waals surface area (Å²) in [5.41, 5.74) is 2.11. The zero-order chi connectivity index (χ0) is 16.7. The molecule has 0 spiro atoms. The Hall–Kier alpha value is -1.94. The maximum atomic E-state index is 12.2. The molecule has 0 aliphatic carbocycles. The van der Waals surface area contributed by atoms with Gasteiger partial charge in [0.25, 0.3) is 0 Å². The van der Waals surface area contributed by atoms with Crippen LogP contribution < -0.4 is 10.1 Å². The molecule has 0 fully saturated rings. The summed E-state index contributed by atoms with van der Waals surface area (Å²) >= 11 is 1.52. The van der Waals surface area contributed by atoms with Crippen molar-refractivity contribution in [1.82, 2.24) is 0 Å². The molecule has 0 aliphatic heterocycles. The molecule has 0 unspecified atom stereocenters. The largest absolute Gasteiger partial charge is 0.497 e. The van der Waals surface area contributed by atoms with Crippen molar-refractivity contribution < 1.29 is 9.53 Å². The summed E-state index contributed by atoms with van der Waals surface area (Å²) in [6.07, 6.45) is 1.05. The molecule has 4 heteroatoms. The average molecular weight is 329 g/mol. The SMILES string of the molecule is CC[C@@H](C)c1ccccc1NC(=O)CSc1ccc(OC)cc1. The van der Waals surface area contributed by atoms with Crippen molar-refractivity contribution in [2.24, 2.45) is 0 Å². The van der Waals surface area contributed by atoms with Crippen LogP contribution in [0.1, 0.15) is 31.7 Å². The number of para-hydroxylation sites is 1. The number of methoxy groups -OCH3 is 1. The van der Waals surface area contributed by atoms with E-state index >= 15 is 0 Å². The van der Waals surface area contributed by atoms with E-state index in [0.29, 0.717) is 11.7 Å². The van der Waals surface area contributed by atoms with Gasteiger partial charge in [0.05, 0.1) is 12.9 Å². The molecule has 122 valence electrons. The number of carbonyl (C=O) groups is 1. The van der Waals surface area contributed by atoms with Crippen LogP contribution in [0.2, 0.25) is 0 Å². The van der Waals surface area contributed by atoms with Gasteiger partial charge in [0.2, 0.25) is 5.91 Å². The lowest BCUT2D eigenvalue weighted by Crippen LogP contribution is -2.15. The Kier molecular flexibility index (Phi) is 6.53. The normalized spacial score (nSPS) is 11.8. The second-order valence-electron chi connectivity index (χ2n) is 5.41. The average Bonchev–Trinajstić information content (AvgIpc) is 2.60. The smallest absolute Gasteiger partial charge is 0.234 e. The number of amides is 1. The predicted octanol–water partition coefficient (Wildman–Crippen LogP) is 4.94. The number of ether oxygens (including phenoxy) is 1. The van der Waals surface area contributed by atoms with Crippen LogP contribution in [0, 0.1) is 0 Å². The number of benzene rings is 2. The lowest BCUT2D eigenvalue weighted by atomic mass is 9.97. The number of hydrogen-bond acceptors (Lipinski definition) is 3. The topological polar surface area (TPSA) is 38.3 Å². The molecule has 0 bridgehead atoms. The van der Waals surface area contributed by atoms with Gasteiger partial charge in [0.1, 0.15) is 5.75 Å². The number of hydrogen-bond donors (Lipinski definition) is 1. The second kappa shape index (κ2) is 8.63. The van der Waals surface area contributed by atoms with Gasteiger partial charge in [-0.2, -0.15) is 0 Å². The van der Waals surface area contributed by atoms with E-state index in [4.69, 9.17) is 4.74 Å². The summed E-state index contributed by atoms with van der Waals surface area (Å²) < 4.78 is 5.13. The molecule has 0 saturated carbocycles. The van der Waals surface area contributed by atoms with Crippen molar-refractivity contribution in [3.63, 3.8) is 0 Å². The van der Waals surface area contributed by atoms with Gasteiger partial charge < -0.3 is 10.1 Å². The third-order valence-corrected chi connectivity index (χ3v) is 4.82. The molecule has 2 aromatic rings. The molecule has 2 aromatic carbocycles. The minimum absolute atomic E-state index is 0.0153. The molecule has 0 aliphatic rings. The van der Waals surface area contributed by atoms with Crippen molar-refractivity contribution >= 4 is 23.4 Å². The first-order valence-corrected chi connectivity index (χ1v) is 8.78. The third kappa shape index (κ3) is 5.03. The van der Waals surface area contributed by atoms with Crippen molar-refractivity contribution in [2.75, 3.05) is 18.2 Å². The quantitative estimate of drug-likeness (QED) is 0.731. The molecule has 23 heavy (non-hydrogen) atoms. The highest BCUT2D eigenvalue weighted by atomic mass is 32.2. The molecule has 1 N–H and O–H groups in total. The summed E-state index contributed by atoms with van der Waals surface area (Å²) in [7, 11) is 1.64. The zero-order valence-corrected chi connectivity index (χ0v) is 14.7. The van der Waals surface area contributed by atoms with Crippen LogP contribution in [0.5, 0.6) is 5.75 Å². The highest BCUT2D eigenvalue weighted by Gasteiger charge is 2.11. The third-order valence-electron chi connectivity index (χ3n) is 3.81. The standard InChI is InChI=1S/C19H23NO2S/c1-4-14(2)17-7-5-6-8-18(17)20-19(21)13-23-16-11-9-15(22-3)10-12-16/h5-12,14H,4,13H2,1-3H3,(H,20,21)/t14-/m1/s1. The monoisotopic (exact) mass is 329 g/mol. The minimum atomic E-state index is 0.0153. The van der Waals surface area contributed by atoms with Crippen LogP contribution in [0.4, 0.5) is 5.69 Å². The summed E-state index contributed by atoms with van der Waals surface area (Å²) in [6.45, 7) is 4.33. The van der Waals surface area contributed by atoms with Gasteiger partial charge in [0.15, 0.2) is 0 Å². The molecular formula is C19H23NO2S. The summed E-state index contributed by atoms with van der Waals surface area (Å²) in [5.74, 6) is 1.66. The van der Waals surface area contributed by atoms with E-state index in [0.717, 1.165) is 22.8 Å². The van der Waals surface area contributed by atoms with Gasteiger partial charge >= 0.3 is 0 Å². The Labute approximate surface area is 142 Å². The fourth-order valence-corrected chi connectivity index (χ4v) is 2.97. The fraction of sp³-hybridized carbons (Fsp3) is 0.316. The van der Waals surface area contributed by atoms with Gasteiger partial charge in [-0.1, -0.05) is 32.0 Å². The number of thioether (sulfide) groups is 1. The first kappa shape index (κ1) is 17.4. The Balaban J connectivity index is 1.94. The molecule has 0 aromatic heterocycles. The Morgan fingerprint density at radius 2 is 1.87 bits per heavy atom. The number of rotatable bonds is 7. The molecule has 0 heterocycles. The summed E-state index contributed by atoms with van der Waals surface area (Å²) in [5, 5.41) is 3.03. The van der Waals surface area contributed by atoms with Crippen LogP contribution in [0.3, 0.4) is 0 Å². The van der Waals surface area contributed by atoms with E-state index in [1.807, 2.05) is 42.5 Å². The van der Waals surface area contributed by atoms with E-state index in [9.17, 15) is 4.79 Å². The van der Waals surface area contributed by atoms with E-state index in [2.05, 4.69) is 25.2 Å². The first-order valence-electron chi connectivity index (χ1n) is 7.79. The fourth-order valence-electron chi connectivity index (χ4n) is 2.27. The van der Waals surface area contributed by atoms with Crippen LogP contribution >= 0.6 is 11.8 Å². The number of anilines is 1. The van der Waals surface area contributed by atoms with E-state index in [1.54, 1.807) is 7.11 Å². The van der Waals surface area contributed by atoms with E-state index in [1.165, 1.54) is 17.3 Å². The molecule has 2 rings (SSSR count). The van der Waals surface area contributed by atoms with Crippen LogP contribution in [-0.2, 0) is 4.79 Å². The van der Waals surface area contributed by atoms with Gasteiger partial charge in [-0.15, -0.1) is 11.8 Å². The molecule has 0 radical (unpaired) electrons. The molecule has 1 atom stereocenters. The first-order chi connectivity index (χ1) is 11.1. The van der Waals surface area contributed by atoms with Crippen LogP contribution in [0.15, 0.2) is 53.4 Å². The van der Waals surface area contributed by atoms with Gasteiger partial charge in [-0.05, 0) is 48.2 Å². The van der Waals surface area contributed by atoms with Crippen molar-refractivity contribution in [3.8, 4) is 5.75 Å². The highest BCUT2D eigenvalue weighted by molar-refractivity contribution is 8.00. The lowest BCUT2D eigenvalue weighted by Gasteiger charge is -2.15. The van der Waals surface area contributed by atoms with Gasteiger partial charge in [0, 0.05) is 10.6 Å². The Bertz CT molecular complexity index is 640. The van der Waals surface area contributed by atoms with E-state index < -0.39 is 0 Å². The van der Waals surface area contributed by atoms with Crippen LogP contribution in [-0.4, -0.2) is 18.8 Å². The van der Waals surface area contributed by atoms with Crippen molar-refractivity contribution in [2.45, 2.75) is 31.1 Å². The highest BCUT2D eigenvalue weighted by Crippen LogP contribution is 2.27. The molecule has 0 saturated heterocycles. The lowest BCUT2D eigenvalue weighted by molar-refractivity contribution is -0.113. The maximum absolute atomic E-state index is 12.2. The number of nitrogens with one attached hydrogen (secondary N) is 1. The van der Waals surface area contributed by atoms with Gasteiger partial charge in [-0.3, -0.25) is 4.79 Å². The predicted molar refractivity (Wildman–Crippen MR) is 97.5 cm³/mol. The minimum Gasteiger partial charge on any atom is -0.497 e. The Morgan fingerprint density at radius 3 is 2.52 bits per heavy atom. The van der Waals surface area contributed by atoms with Crippen molar-refractivity contribution in [3.05, 3.63) is 54.1 Å². The van der Waals surface area contributed by atoms with Gasteiger partial charge in [-0.25, -0.2) is 0 Å². The number of carbonyl (C=O) groups excluding carboxylic acids is 1. The molecule has 1 amide bonds. The maximum Gasteiger partial charge on any atom is 0.234 e. The molecule has 3 nitrogen and oxygen atoms in total. The van der Waals surface area contributed by atoms with Crippen molar-refractivity contribution in [1.29, 1.82) is 0 Å². The summed E-state index contributed by atoms with van der Waals surface area (Å²) in [6, 6.07) is 15.8. The molecular weight excluding hydrogens is 306 g/mol. The zero-order valence-electron chi connectivity index (χ0n) is 13.8.